The van der Waals surface area contributed by atoms with Crippen molar-refractivity contribution in [1.82, 2.24) is 0 Å². The van der Waals surface area contributed by atoms with Gasteiger partial charge in [-0.2, -0.15) is 0 Å². The van der Waals surface area contributed by atoms with Gasteiger partial charge in [-0.25, -0.2) is 0 Å². The van der Waals surface area contributed by atoms with E-state index in [4.69, 9.17) is 4.74 Å². The van der Waals surface area contributed by atoms with Gasteiger partial charge in [-0.1, -0.05) is 29.8 Å². The lowest BCUT2D eigenvalue weighted by Crippen LogP contribution is -2.15. The van der Waals surface area contributed by atoms with Gasteiger partial charge in [0.15, 0.2) is 0 Å². The van der Waals surface area contributed by atoms with E-state index in [0.717, 1.165) is 6.42 Å². The first kappa shape index (κ1) is 11.0. The lowest BCUT2D eigenvalue weighted by molar-refractivity contribution is -0.142. The first-order valence-corrected chi connectivity index (χ1v) is 4.76. The minimum Gasteiger partial charge on any atom is -0.465 e. The van der Waals surface area contributed by atoms with E-state index in [1.54, 1.807) is 6.92 Å². The van der Waals surface area contributed by atoms with Crippen LogP contribution >= 0.6 is 15.9 Å². The Bertz CT molecular complexity index is 121. The lowest BCUT2D eigenvalue weighted by Gasteiger charge is -2.07. The summed E-state index contributed by atoms with van der Waals surface area (Å²) in [5.41, 5.74) is 0. The van der Waals surface area contributed by atoms with Crippen LogP contribution in [0.1, 0.15) is 27.2 Å². The van der Waals surface area contributed by atoms with Crippen LogP contribution in [0.2, 0.25) is 0 Å². The highest BCUT2D eigenvalue weighted by Gasteiger charge is 2.09. The number of ether oxygens (including phenoxy) is 1. The molecule has 0 radical (unpaired) electrons. The molecule has 1 unspecified atom stereocenters. The zero-order valence-corrected chi connectivity index (χ0v) is 8.85. The Morgan fingerprint density at radius 3 is 2.36 bits per heavy atom. The molecule has 0 saturated carbocycles. The number of halogens is 1. The molecule has 11 heavy (non-hydrogen) atoms. The molecule has 2 nitrogen and oxygen atoms in total. The summed E-state index contributed by atoms with van der Waals surface area (Å²) in [6.45, 7) is 6.50. The Hall–Kier alpha value is -0.0500. The Balaban J connectivity index is 3.32. The molecule has 1 atom stereocenters. The minimum absolute atomic E-state index is 0.175. The van der Waals surface area contributed by atoms with E-state index in [0.29, 0.717) is 12.5 Å². The van der Waals surface area contributed by atoms with Crippen LogP contribution in [-0.4, -0.2) is 17.4 Å². The summed E-state index contributed by atoms with van der Waals surface area (Å²) in [6.07, 6.45) is 0.936. The maximum Gasteiger partial charge on any atom is 0.319 e. The Morgan fingerprint density at radius 2 is 2.00 bits per heavy atom. The second kappa shape index (κ2) is 5.58. The third-order valence-corrected chi connectivity index (χ3v) is 1.64. The predicted octanol–water partition coefficient (Wildman–Crippen LogP) is 2.36. The summed E-state index contributed by atoms with van der Waals surface area (Å²) >= 11 is 3.13. The minimum atomic E-state index is -0.185. The molecular weight excluding hydrogens is 208 g/mol. The maximum absolute atomic E-state index is 10.9. The molecule has 0 amide bonds. The summed E-state index contributed by atoms with van der Waals surface area (Å²) in [5, 5.41) is 0. The van der Waals surface area contributed by atoms with Gasteiger partial charge in [-0.15, -0.1) is 0 Å². The molecule has 0 aliphatic rings. The van der Waals surface area contributed by atoms with Crippen molar-refractivity contribution in [1.29, 1.82) is 0 Å². The third-order valence-electron chi connectivity index (χ3n) is 1.26. The van der Waals surface area contributed by atoms with Crippen LogP contribution in [0.25, 0.3) is 0 Å². The summed E-state index contributed by atoms with van der Waals surface area (Å²) in [5.74, 6) is 0.416. The summed E-state index contributed by atoms with van der Waals surface area (Å²) in [4.78, 5) is 10.7. The van der Waals surface area contributed by atoms with E-state index in [9.17, 15) is 4.79 Å². The fraction of sp³-hybridized carbons (Fsp3) is 0.875. The molecule has 3 heteroatoms. The van der Waals surface area contributed by atoms with Crippen LogP contribution in [0.4, 0.5) is 0 Å². The molecule has 0 N–H and O–H groups in total. The van der Waals surface area contributed by atoms with Crippen LogP contribution in [0, 0.1) is 5.92 Å². The van der Waals surface area contributed by atoms with Gasteiger partial charge in [0, 0.05) is 0 Å². The van der Waals surface area contributed by atoms with E-state index in [-0.39, 0.29) is 10.8 Å². The number of esters is 1. The van der Waals surface area contributed by atoms with Gasteiger partial charge in [0.2, 0.25) is 0 Å². The molecule has 0 aliphatic carbocycles. The maximum atomic E-state index is 10.9. The van der Waals surface area contributed by atoms with Crippen molar-refractivity contribution in [2.75, 3.05) is 6.61 Å². The highest BCUT2D eigenvalue weighted by Crippen LogP contribution is 2.03. The van der Waals surface area contributed by atoms with Crippen molar-refractivity contribution in [3.05, 3.63) is 0 Å². The first-order chi connectivity index (χ1) is 5.04. The van der Waals surface area contributed by atoms with Crippen LogP contribution in [0.3, 0.4) is 0 Å². The van der Waals surface area contributed by atoms with E-state index >= 15 is 0 Å². The van der Waals surface area contributed by atoms with Crippen molar-refractivity contribution in [3.8, 4) is 0 Å². The van der Waals surface area contributed by atoms with Gasteiger partial charge in [-0.05, 0) is 19.3 Å². The van der Waals surface area contributed by atoms with E-state index < -0.39 is 0 Å². The van der Waals surface area contributed by atoms with Crippen molar-refractivity contribution >= 4 is 21.9 Å². The molecule has 0 aliphatic heterocycles. The van der Waals surface area contributed by atoms with E-state index in [1.165, 1.54) is 0 Å². The molecule has 0 heterocycles. The second-order valence-electron chi connectivity index (χ2n) is 2.97. The zero-order valence-electron chi connectivity index (χ0n) is 7.26. The quantitative estimate of drug-likeness (QED) is 0.540. The molecule has 0 aromatic heterocycles. The fourth-order valence-electron chi connectivity index (χ4n) is 0.510. The molecule has 0 bridgehead atoms. The topological polar surface area (TPSA) is 26.3 Å². The number of carbonyl (C=O) groups excluding carboxylic acids is 1. The molecule has 0 rings (SSSR count). The van der Waals surface area contributed by atoms with Gasteiger partial charge in [0.05, 0.1) is 6.61 Å². The number of alkyl halides is 1. The molecule has 0 spiro atoms. The molecule has 66 valence electrons. The molecular formula is C8H15BrO2. The highest BCUT2D eigenvalue weighted by atomic mass is 79.9. The molecule has 0 fully saturated rings. The van der Waals surface area contributed by atoms with Crippen molar-refractivity contribution in [2.45, 2.75) is 32.0 Å². The Kier molecular flexibility index (Phi) is 5.56. The Morgan fingerprint density at radius 1 is 1.45 bits per heavy atom. The second-order valence-corrected chi connectivity index (χ2v) is 4.34. The van der Waals surface area contributed by atoms with Crippen LogP contribution in [-0.2, 0) is 9.53 Å². The number of hydrogen-bond donors (Lipinski definition) is 0. The lowest BCUT2D eigenvalue weighted by atomic mass is 10.1. The zero-order chi connectivity index (χ0) is 8.85. The van der Waals surface area contributed by atoms with Crippen LogP contribution < -0.4 is 0 Å². The van der Waals surface area contributed by atoms with E-state index in [2.05, 4.69) is 29.8 Å². The number of rotatable bonds is 4. The number of carbonyl (C=O) groups is 1. The summed E-state index contributed by atoms with van der Waals surface area (Å²) < 4.78 is 4.93. The van der Waals surface area contributed by atoms with Gasteiger partial charge in [0.1, 0.15) is 4.83 Å². The summed E-state index contributed by atoms with van der Waals surface area (Å²) in [7, 11) is 0. The smallest absolute Gasteiger partial charge is 0.319 e. The van der Waals surface area contributed by atoms with Crippen LogP contribution in [0.5, 0.6) is 0 Å². The number of hydrogen-bond acceptors (Lipinski definition) is 2. The van der Waals surface area contributed by atoms with Crippen LogP contribution in [0.15, 0.2) is 0 Å². The van der Waals surface area contributed by atoms with Gasteiger partial charge in [-0.3, -0.25) is 4.79 Å². The van der Waals surface area contributed by atoms with Gasteiger partial charge < -0.3 is 4.74 Å². The van der Waals surface area contributed by atoms with Crippen molar-refractivity contribution in [2.24, 2.45) is 5.92 Å². The molecule has 0 aromatic rings. The largest absolute Gasteiger partial charge is 0.465 e. The van der Waals surface area contributed by atoms with E-state index in [1.807, 2.05) is 0 Å². The summed E-state index contributed by atoms with van der Waals surface area (Å²) in [6, 6.07) is 0. The third kappa shape index (κ3) is 6.35. The Labute approximate surface area is 76.4 Å². The average molecular weight is 223 g/mol. The predicted molar refractivity (Wildman–Crippen MR) is 48.8 cm³/mol. The average Bonchev–Trinajstić information content (AvgIpc) is 1.86. The van der Waals surface area contributed by atoms with Gasteiger partial charge in [0.25, 0.3) is 0 Å². The highest BCUT2D eigenvalue weighted by molar-refractivity contribution is 9.10. The molecule has 0 aromatic carbocycles. The van der Waals surface area contributed by atoms with Crippen molar-refractivity contribution in [3.63, 3.8) is 0 Å². The SMILES string of the molecule is CC(C)CCOC(=O)C(C)Br. The van der Waals surface area contributed by atoms with Gasteiger partial charge >= 0.3 is 5.97 Å². The monoisotopic (exact) mass is 222 g/mol. The normalized spacial score (nSPS) is 13.2. The fourth-order valence-corrected chi connectivity index (χ4v) is 0.642. The van der Waals surface area contributed by atoms with Crippen molar-refractivity contribution < 1.29 is 9.53 Å². The standard InChI is InChI=1S/C8H15BrO2/c1-6(2)4-5-11-8(10)7(3)9/h6-7H,4-5H2,1-3H3. The molecule has 0 saturated heterocycles. The first-order valence-electron chi connectivity index (χ1n) is 3.84.